The summed E-state index contributed by atoms with van der Waals surface area (Å²) in [5.41, 5.74) is 0.309. The number of pyridine rings is 1. The Balaban J connectivity index is 1.35. The molecular formula is C23H23N3O5S2. The van der Waals surface area contributed by atoms with Crippen molar-refractivity contribution in [3.63, 3.8) is 0 Å². The molecule has 33 heavy (non-hydrogen) atoms. The number of sulfonamides is 1. The summed E-state index contributed by atoms with van der Waals surface area (Å²) in [4.78, 5) is 30.7. The van der Waals surface area contributed by atoms with Gasteiger partial charge in [-0.05, 0) is 41.3 Å². The number of piperazine rings is 1. The highest BCUT2D eigenvalue weighted by Crippen LogP contribution is 2.23. The van der Waals surface area contributed by atoms with Crippen LogP contribution in [0.4, 0.5) is 0 Å². The van der Waals surface area contributed by atoms with Crippen LogP contribution in [0, 0.1) is 0 Å². The molecule has 1 aromatic heterocycles. The first-order valence-electron chi connectivity index (χ1n) is 10.3. The van der Waals surface area contributed by atoms with Crippen LogP contribution in [-0.4, -0.2) is 73.5 Å². The number of hydrogen-bond donors (Lipinski definition) is 0. The van der Waals surface area contributed by atoms with Crippen molar-refractivity contribution in [3.8, 4) is 0 Å². The number of esters is 1. The molecule has 2 aromatic carbocycles. The predicted octanol–water partition coefficient (Wildman–Crippen LogP) is 2.65. The van der Waals surface area contributed by atoms with Gasteiger partial charge in [0.2, 0.25) is 10.0 Å². The Labute approximate surface area is 196 Å². The fourth-order valence-electron chi connectivity index (χ4n) is 3.66. The molecule has 0 bridgehead atoms. The van der Waals surface area contributed by atoms with Crippen LogP contribution in [0.3, 0.4) is 0 Å². The fourth-order valence-corrected chi connectivity index (χ4v) is 5.66. The summed E-state index contributed by atoms with van der Waals surface area (Å²) < 4.78 is 32.7. The lowest BCUT2D eigenvalue weighted by molar-refractivity contribution is -0.135. The van der Waals surface area contributed by atoms with E-state index >= 15 is 0 Å². The van der Waals surface area contributed by atoms with Crippen LogP contribution in [0.5, 0.6) is 0 Å². The number of benzene rings is 2. The van der Waals surface area contributed by atoms with Crippen molar-refractivity contribution < 1.29 is 22.7 Å². The van der Waals surface area contributed by atoms with Gasteiger partial charge in [-0.1, -0.05) is 30.3 Å². The lowest BCUT2D eigenvalue weighted by Crippen LogP contribution is -2.51. The Morgan fingerprint density at radius 3 is 2.45 bits per heavy atom. The van der Waals surface area contributed by atoms with Crippen molar-refractivity contribution in [2.45, 2.75) is 9.92 Å². The maximum absolute atomic E-state index is 13.1. The quantitative estimate of drug-likeness (QED) is 0.391. The number of ether oxygens (including phenoxy) is 1. The Hall–Kier alpha value is -2.95. The van der Waals surface area contributed by atoms with Gasteiger partial charge in [-0.15, -0.1) is 11.8 Å². The Bertz CT molecular complexity index is 1290. The molecule has 1 aliphatic heterocycles. The Morgan fingerprint density at radius 1 is 1.00 bits per heavy atom. The maximum Gasteiger partial charge on any atom is 0.341 e. The second-order valence-electron chi connectivity index (χ2n) is 7.43. The normalized spacial score (nSPS) is 14.9. The van der Waals surface area contributed by atoms with E-state index in [2.05, 4.69) is 4.98 Å². The molecule has 0 aliphatic carbocycles. The fraction of sp³-hybridized carbons (Fsp3) is 0.261. The molecule has 0 atom stereocenters. The molecular weight excluding hydrogens is 462 g/mol. The SMILES string of the molecule is CSc1ncccc1C(=O)OCC(=O)N1CCN(S(=O)(=O)c2ccc3ccccc3c2)CC1. The molecule has 0 radical (unpaired) electrons. The topological polar surface area (TPSA) is 96.9 Å². The van der Waals surface area contributed by atoms with Gasteiger partial charge in [0, 0.05) is 32.4 Å². The van der Waals surface area contributed by atoms with Gasteiger partial charge < -0.3 is 9.64 Å². The minimum Gasteiger partial charge on any atom is -0.452 e. The van der Waals surface area contributed by atoms with Gasteiger partial charge in [-0.3, -0.25) is 4.79 Å². The molecule has 2 heterocycles. The standard InChI is InChI=1S/C23H23N3O5S2/c1-32-22-20(7-4-10-24-22)23(28)31-16-21(27)25-11-13-26(14-12-25)33(29,30)19-9-8-17-5-2-3-6-18(17)15-19/h2-10,15H,11-14,16H2,1H3. The second-order valence-corrected chi connectivity index (χ2v) is 10.2. The van der Waals surface area contributed by atoms with Gasteiger partial charge in [-0.25, -0.2) is 18.2 Å². The summed E-state index contributed by atoms with van der Waals surface area (Å²) in [5.74, 6) is -0.973. The number of carbonyl (C=O) groups is 2. The van der Waals surface area contributed by atoms with Crippen LogP contribution in [0.1, 0.15) is 10.4 Å². The molecule has 0 saturated carbocycles. The zero-order valence-electron chi connectivity index (χ0n) is 18.0. The van der Waals surface area contributed by atoms with E-state index in [0.717, 1.165) is 10.8 Å². The van der Waals surface area contributed by atoms with Crippen molar-refractivity contribution in [1.29, 1.82) is 0 Å². The highest BCUT2D eigenvalue weighted by atomic mass is 32.2. The van der Waals surface area contributed by atoms with E-state index in [4.69, 9.17) is 4.74 Å². The first kappa shape index (κ1) is 23.2. The van der Waals surface area contributed by atoms with Gasteiger partial charge in [0.25, 0.3) is 5.91 Å². The molecule has 172 valence electrons. The summed E-state index contributed by atoms with van der Waals surface area (Å²) in [6.07, 6.45) is 3.38. The van der Waals surface area contributed by atoms with Gasteiger partial charge in [0.15, 0.2) is 6.61 Å². The number of thioether (sulfide) groups is 1. The lowest BCUT2D eigenvalue weighted by Gasteiger charge is -2.33. The van der Waals surface area contributed by atoms with Crippen LogP contribution in [-0.2, 0) is 19.6 Å². The molecule has 0 N–H and O–H groups in total. The summed E-state index contributed by atoms with van der Waals surface area (Å²) in [7, 11) is -3.67. The minimum atomic E-state index is -3.67. The zero-order valence-corrected chi connectivity index (χ0v) is 19.6. The highest BCUT2D eigenvalue weighted by molar-refractivity contribution is 7.98. The molecule has 0 spiro atoms. The highest BCUT2D eigenvalue weighted by Gasteiger charge is 2.30. The number of amides is 1. The second kappa shape index (κ2) is 9.90. The van der Waals surface area contributed by atoms with Crippen LogP contribution < -0.4 is 0 Å². The molecule has 1 aliphatic rings. The predicted molar refractivity (Wildman–Crippen MR) is 126 cm³/mol. The third kappa shape index (κ3) is 5.02. The average molecular weight is 486 g/mol. The Kier molecular flexibility index (Phi) is 6.96. The van der Waals surface area contributed by atoms with E-state index in [-0.39, 0.29) is 37.0 Å². The maximum atomic E-state index is 13.1. The number of fused-ring (bicyclic) bond motifs is 1. The van der Waals surface area contributed by atoms with E-state index in [1.807, 2.05) is 24.3 Å². The van der Waals surface area contributed by atoms with E-state index in [0.29, 0.717) is 10.6 Å². The van der Waals surface area contributed by atoms with Crippen molar-refractivity contribution in [1.82, 2.24) is 14.2 Å². The number of nitrogens with zero attached hydrogens (tertiary/aromatic N) is 3. The number of rotatable bonds is 6. The van der Waals surface area contributed by atoms with E-state index in [9.17, 15) is 18.0 Å². The molecule has 0 unspecified atom stereocenters. The summed E-state index contributed by atoms with van der Waals surface area (Å²) in [6.45, 7) is 0.402. The number of hydrogen-bond acceptors (Lipinski definition) is 7. The van der Waals surface area contributed by atoms with Crippen LogP contribution in [0.15, 0.2) is 70.7 Å². The van der Waals surface area contributed by atoms with Gasteiger partial charge >= 0.3 is 5.97 Å². The first-order valence-corrected chi connectivity index (χ1v) is 13.0. The lowest BCUT2D eigenvalue weighted by atomic mass is 10.1. The number of carbonyl (C=O) groups excluding carboxylic acids is 2. The first-order chi connectivity index (χ1) is 15.9. The summed E-state index contributed by atoms with van der Waals surface area (Å²) in [6, 6.07) is 15.9. The average Bonchev–Trinajstić information content (AvgIpc) is 2.86. The Morgan fingerprint density at radius 2 is 1.73 bits per heavy atom. The van der Waals surface area contributed by atoms with Crippen molar-refractivity contribution >= 4 is 44.4 Å². The minimum absolute atomic E-state index is 0.175. The van der Waals surface area contributed by atoms with Gasteiger partial charge in [0.1, 0.15) is 5.03 Å². The molecule has 4 rings (SSSR count). The summed E-state index contributed by atoms with van der Waals surface area (Å²) >= 11 is 1.32. The molecule has 1 saturated heterocycles. The third-order valence-electron chi connectivity index (χ3n) is 5.46. The molecule has 3 aromatic rings. The smallest absolute Gasteiger partial charge is 0.341 e. The van der Waals surface area contributed by atoms with Crippen molar-refractivity contribution in [2.24, 2.45) is 0 Å². The molecule has 8 nitrogen and oxygen atoms in total. The molecule has 1 fully saturated rings. The third-order valence-corrected chi connectivity index (χ3v) is 8.07. The van der Waals surface area contributed by atoms with E-state index in [1.54, 1.807) is 42.8 Å². The van der Waals surface area contributed by atoms with Crippen molar-refractivity contribution in [2.75, 3.05) is 39.0 Å². The van der Waals surface area contributed by atoms with Crippen LogP contribution in [0.25, 0.3) is 10.8 Å². The van der Waals surface area contributed by atoms with E-state index in [1.165, 1.54) is 21.0 Å². The van der Waals surface area contributed by atoms with Crippen LogP contribution >= 0.6 is 11.8 Å². The van der Waals surface area contributed by atoms with Gasteiger partial charge in [0.05, 0.1) is 10.5 Å². The molecule has 10 heteroatoms. The number of aromatic nitrogens is 1. The monoisotopic (exact) mass is 485 g/mol. The largest absolute Gasteiger partial charge is 0.452 e. The van der Waals surface area contributed by atoms with Crippen molar-refractivity contribution in [3.05, 3.63) is 66.4 Å². The summed E-state index contributed by atoms with van der Waals surface area (Å²) in [5, 5.41) is 2.35. The van der Waals surface area contributed by atoms with Crippen LogP contribution in [0.2, 0.25) is 0 Å². The van der Waals surface area contributed by atoms with Gasteiger partial charge in [-0.2, -0.15) is 4.31 Å². The zero-order chi connectivity index (χ0) is 23.4. The molecule has 1 amide bonds. The van der Waals surface area contributed by atoms with E-state index < -0.39 is 22.6 Å².